The van der Waals surface area contributed by atoms with Crippen molar-refractivity contribution in [2.75, 3.05) is 13.7 Å². The highest BCUT2D eigenvalue weighted by Crippen LogP contribution is 1.97. The molecule has 0 spiro atoms. The molecule has 0 rings (SSSR count). The van der Waals surface area contributed by atoms with Gasteiger partial charge in [-0.2, -0.15) is 0 Å². The third-order valence-corrected chi connectivity index (χ3v) is 1.07. The van der Waals surface area contributed by atoms with Crippen LogP contribution in [0.3, 0.4) is 0 Å². The Balaban J connectivity index is 3.32. The van der Waals surface area contributed by atoms with Crippen LogP contribution in [0, 0.1) is 0 Å². The summed E-state index contributed by atoms with van der Waals surface area (Å²) in [7, 11) is 1.44. The fraction of sp³-hybridized carbons (Fsp3) is 1.00. The molecule has 0 aromatic heterocycles. The van der Waals surface area contributed by atoms with Crippen LogP contribution in [-0.4, -0.2) is 31.2 Å². The molecule has 0 saturated carbocycles. The molecule has 0 aliphatic rings. The van der Waals surface area contributed by atoms with Gasteiger partial charge in [-0.25, -0.2) is 0 Å². The Morgan fingerprint density at radius 3 is 2.44 bits per heavy atom. The number of aliphatic hydroxyl groups excluding tert-OH is 1. The zero-order valence-electron chi connectivity index (χ0n) is 6.13. The van der Waals surface area contributed by atoms with E-state index >= 15 is 0 Å². The first-order valence-electron chi connectivity index (χ1n) is 3.04. The van der Waals surface area contributed by atoms with Crippen molar-refractivity contribution in [3.63, 3.8) is 0 Å². The Bertz CT molecular complexity index is 65.3. The van der Waals surface area contributed by atoms with Crippen LogP contribution < -0.4 is 0 Å². The van der Waals surface area contributed by atoms with E-state index in [0.29, 0.717) is 6.61 Å². The highest BCUT2D eigenvalue weighted by molar-refractivity contribution is 4.50. The number of aliphatic hydroxyl groups is 1. The summed E-state index contributed by atoms with van der Waals surface area (Å²) in [6.45, 7) is 4.23. The monoisotopic (exact) mass is 134 g/mol. The molecule has 3 heteroatoms. The first-order valence-corrected chi connectivity index (χ1v) is 3.04. The molecule has 0 bridgehead atoms. The number of ether oxygens (including phenoxy) is 2. The molecule has 0 saturated heterocycles. The van der Waals surface area contributed by atoms with Crippen molar-refractivity contribution in [1.82, 2.24) is 0 Å². The molecule has 0 fully saturated rings. The number of hydrogen-bond donors (Lipinski definition) is 1. The van der Waals surface area contributed by atoms with Gasteiger partial charge < -0.3 is 14.6 Å². The lowest BCUT2D eigenvalue weighted by atomic mass is 10.4. The average Bonchev–Trinajstić information content (AvgIpc) is 1.87. The van der Waals surface area contributed by atoms with Crippen molar-refractivity contribution in [3.05, 3.63) is 0 Å². The molecular weight excluding hydrogens is 120 g/mol. The number of rotatable bonds is 4. The van der Waals surface area contributed by atoms with Gasteiger partial charge in [-0.15, -0.1) is 0 Å². The van der Waals surface area contributed by atoms with Crippen molar-refractivity contribution < 1.29 is 14.6 Å². The molecule has 2 atom stereocenters. The van der Waals surface area contributed by atoms with Gasteiger partial charge in [-0.05, 0) is 13.8 Å². The van der Waals surface area contributed by atoms with Gasteiger partial charge in [0.1, 0.15) is 6.10 Å². The van der Waals surface area contributed by atoms with Gasteiger partial charge in [0.2, 0.25) is 0 Å². The highest BCUT2D eigenvalue weighted by atomic mass is 16.6. The Morgan fingerprint density at radius 2 is 2.11 bits per heavy atom. The van der Waals surface area contributed by atoms with Crippen LogP contribution in [0.15, 0.2) is 0 Å². The van der Waals surface area contributed by atoms with E-state index in [1.807, 2.05) is 6.92 Å². The summed E-state index contributed by atoms with van der Waals surface area (Å²) in [5, 5.41) is 8.91. The van der Waals surface area contributed by atoms with Gasteiger partial charge in [0, 0.05) is 13.7 Å². The molecule has 0 amide bonds. The van der Waals surface area contributed by atoms with E-state index < -0.39 is 6.29 Å². The Morgan fingerprint density at radius 1 is 1.56 bits per heavy atom. The summed E-state index contributed by atoms with van der Waals surface area (Å²) in [4.78, 5) is 0. The lowest BCUT2D eigenvalue weighted by molar-refractivity contribution is -0.155. The van der Waals surface area contributed by atoms with Crippen LogP contribution in [0.25, 0.3) is 0 Å². The van der Waals surface area contributed by atoms with Crippen LogP contribution in [0.1, 0.15) is 13.8 Å². The quantitative estimate of drug-likeness (QED) is 0.565. The zero-order valence-corrected chi connectivity index (χ0v) is 6.13. The highest BCUT2D eigenvalue weighted by Gasteiger charge is 2.11. The predicted octanol–water partition coefficient (Wildman–Crippen LogP) is 0.376. The summed E-state index contributed by atoms with van der Waals surface area (Å²) in [5.74, 6) is 0. The number of methoxy groups -OCH3 is 1. The fourth-order valence-electron chi connectivity index (χ4n) is 0.537. The van der Waals surface area contributed by atoms with Crippen LogP contribution in [0.2, 0.25) is 0 Å². The van der Waals surface area contributed by atoms with E-state index in [1.165, 1.54) is 7.11 Å². The lowest BCUT2D eigenvalue weighted by Gasteiger charge is -2.16. The molecule has 3 nitrogen and oxygen atoms in total. The maximum absolute atomic E-state index is 8.91. The SMILES string of the molecule is CCOC(C)C(O)OC. The topological polar surface area (TPSA) is 38.7 Å². The lowest BCUT2D eigenvalue weighted by Crippen LogP contribution is -2.27. The maximum atomic E-state index is 8.91. The second kappa shape index (κ2) is 4.73. The third-order valence-electron chi connectivity index (χ3n) is 1.07. The van der Waals surface area contributed by atoms with Gasteiger partial charge in [0.25, 0.3) is 0 Å². The molecule has 0 aromatic rings. The van der Waals surface area contributed by atoms with Gasteiger partial charge in [0.15, 0.2) is 6.29 Å². The van der Waals surface area contributed by atoms with Crippen LogP contribution >= 0.6 is 0 Å². The van der Waals surface area contributed by atoms with E-state index in [1.54, 1.807) is 6.92 Å². The van der Waals surface area contributed by atoms with Crippen LogP contribution in [0.4, 0.5) is 0 Å². The second-order valence-corrected chi connectivity index (χ2v) is 1.79. The van der Waals surface area contributed by atoms with E-state index in [-0.39, 0.29) is 6.10 Å². The van der Waals surface area contributed by atoms with Gasteiger partial charge in [0.05, 0.1) is 0 Å². The normalized spacial score (nSPS) is 17.3. The maximum Gasteiger partial charge on any atom is 0.180 e. The molecule has 0 aromatic carbocycles. The molecule has 9 heavy (non-hydrogen) atoms. The smallest absolute Gasteiger partial charge is 0.180 e. The minimum Gasteiger partial charge on any atom is -0.374 e. The van der Waals surface area contributed by atoms with E-state index in [0.717, 1.165) is 0 Å². The average molecular weight is 134 g/mol. The molecule has 1 N–H and O–H groups in total. The fourth-order valence-corrected chi connectivity index (χ4v) is 0.537. The van der Waals surface area contributed by atoms with Gasteiger partial charge >= 0.3 is 0 Å². The van der Waals surface area contributed by atoms with Crippen molar-refractivity contribution in [3.8, 4) is 0 Å². The second-order valence-electron chi connectivity index (χ2n) is 1.79. The van der Waals surface area contributed by atoms with Gasteiger partial charge in [-0.1, -0.05) is 0 Å². The predicted molar refractivity (Wildman–Crippen MR) is 34.1 cm³/mol. The summed E-state index contributed by atoms with van der Waals surface area (Å²) in [6, 6.07) is 0. The van der Waals surface area contributed by atoms with E-state index in [2.05, 4.69) is 4.74 Å². The molecule has 0 aliphatic heterocycles. The molecule has 0 aliphatic carbocycles. The first kappa shape index (κ1) is 8.88. The number of hydrogen-bond acceptors (Lipinski definition) is 3. The standard InChI is InChI=1S/C6H14O3/c1-4-9-5(2)6(7)8-3/h5-7H,4H2,1-3H3. The molecule has 2 unspecified atom stereocenters. The van der Waals surface area contributed by atoms with Crippen molar-refractivity contribution >= 4 is 0 Å². The molecular formula is C6H14O3. The van der Waals surface area contributed by atoms with Crippen molar-refractivity contribution in [2.45, 2.75) is 26.2 Å². The summed E-state index contributed by atoms with van der Waals surface area (Å²) in [6.07, 6.45) is -1.04. The Hall–Kier alpha value is -0.120. The van der Waals surface area contributed by atoms with Crippen molar-refractivity contribution in [1.29, 1.82) is 0 Å². The van der Waals surface area contributed by atoms with E-state index in [4.69, 9.17) is 9.84 Å². The minimum atomic E-state index is -0.801. The summed E-state index contributed by atoms with van der Waals surface area (Å²) < 4.78 is 9.61. The zero-order chi connectivity index (χ0) is 7.28. The van der Waals surface area contributed by atoms with Crippen LogP contribution in [0.5, 0.6) is 0 Å². The van der Waals surface area contributed by atoms with Crippen molar-refractivity contribution in [2.24, 2.45) is 0 Å². The summed E-state index contributed by atoms with van der Waals surface area (Å²) in [5.41, 5.74) is 0. The first-order chi connectivity index (χ1) is 4.22. The van der Waals surface area contributed by atoms with Crippen LogP contribution in [-0.2, 0) is 9.47 Å². The van der Waals surface area contributed by atoms with Gasteiger partial charge in [-0.3, -0.25) is 0 Å². The molecule has 56 valence electrons. The van der Waals surface area contributed by atoms with E-state index in [9.17, 15) is 0 Å². The molecule has 0 radical (unpaired) electrons. The third kappa shape index (κ3) is 3.46. The summed E-state index contributed by atoms with van der Waals surface area (Å²) >= 11 is 0. The minimum absolute atomic E-state index is 0.236. The Labute approximate surface area is 55.6 Å². The Kier molecular flexibility index (Phi) is 4.67. The largest absolute Gasteiger partial charge is 0.374 e. The molecule has 0 heterocycles.